The Bertz CT molecular complexity index is 481. The summed E-state index contributed by atoms with van der Waals surface area (Å²) in [5, 5.41) is 9.91. The third kappa shape index (κ3) is 4.78. The summed E-state index contributed by atoms with van der Waals surface area (Å²) in [6, 6.07) is 7.71. The molecule has 0 heterocycles. The zero-order chi connectivity index (χ0) is 14.0. The molecule has 0 saturated heterocycles. The van der Waals surface area contributed by atoms with Crippen LogP contribution in [0.25, 0.3) is 0 Å². The molecule has 0 amide bonds. The van der Waals surface area contributed by atoms with Gasteiger partial charge in [0, 0.05) is 6.26 Å². The van der Waals surface area contributed by atoms with Gasteiger partial charge in [-0.15, -0.1) is 0 Å². The van der Waals surface area contributed by atoms with Gasteiger partial charge in [0.05, 0.1) is 11.9 Å². The first kappa shape index (κ1) is 15.2. The fraction of sp³-hybridized carbons (Fsp3) is 0.571. The maximum absolute atomic E-state index is 11.0. The molecule has 0 aliphatic rings. The van der Waals surface area contributed by atoms with E-state index in [1.807, 2.05) is 24.3 Å². The lowest BCUT2D eigenvalue weighted by Crippen LogP contribution is -2.12. The molecule has 1 N–H and O–H groups in total. The quantitative estimate of drug-likeness (QED) is 0.914. The lowest BCUT2D eigenvalue weighted by Gasteiger charge is -2.20. The topological polar surface area (TPSA) is 54.4 Å². The van der Waals surface area contributed by atoms with Crippen molar-refractivity contribution < 1.29 is 13.5 Å². The van der Waals surface area contributed by atoms with Gasteiger partial charge in [0.25, 0.3) is 0 Å². The molecule has 0 radical (unpaired) electrons. The first-order valence-electron chi connectivity index (χ1n) is 6.06. The Kier molecular flexibility index (Phi) is 4.56. The van der Waals surface area contributed by atoms with Gasteiger partial charge in [-0.05, 0) is 23.0 Å². The van der Waals surface area contributed by atoms with Crippen LogP contribution < -0.4 is 0 Å². The van der Waals surface area contributed by atoms with E-state index in [1.165, 1.54) is 11.8 Å². The molecule has 0 aliphatic carbocycles. The molecule has 3 nitrogen and oxygen atoms in total. The van der Waals surface area contributed by atoms with Crippen molar-refractivity contribution in [1.82, 2.24) is 0 Å². The summed E-state index contributed by atoms with van der Waals surface area (Å²) < 4.78 is 22.1. The zero-order valence-electron chi connectivity index (χ0n) is 11.5. The minimum absolute atomic E-state index is 0.00912. The standard InChI is InChI=1S/C14H22O3S/c1-14(2,3)12-7-5-11(6-8-12)13(15)9-10-18(4,16)17/h5-8,13,15H,9-10H2,1-4H3. The molecule has 0 spiro atoms. The van der Waals surface area contributed by atoms with Gasteiger partial charge in [-0.1, -0.05) is 45.0 Å². The van der Waals surface area contributed by atoms with Crippen LogP contribution in [0.15, 0.2) is 24.3 Å². The second kappa shape index (κ2) is 5.41. The highest BCUT2D eigenvalue weighted by Gasteiger charge is 2.15. The highest BCUT2D eigenvalue weighted by atomic mass is 32.2. The Morgan fingerprint density at radius 1 is 1.17 bits per heavy atom. The molecule has 0 bridgehead atoms. The summed E-state index contributed by atoms with van der Waals surface area (Å²) in [5.74, 6) is 0.00912. The van der Waals surface area contributed by atoms with Crippen LogP contribution in [0.3, 0.4) is 0 Å². The van der Waals surface area contributed by atoms with Crippen LogP contribution in [0, 0.1) is 0 Å². The van der Waals surface area contributed by atoms with Crippen LogP contribution in [-0.2, 0) is 15.3 Å². The summed E-state index contributed by atoms with van der Waals surface area (Å²) in [7, 11) is -3.02. The number of rotatable bonds is 4. The van der Waals surface area contributed by atoms with Gasteiger partial charge >= 0.3 is 0 Å². The van der Waals surface area contributed by atoms with Gasteiger partial charge in [0.15, 0.2) is 0 Å². The molecule has 4 heteroatoms. The summed E-state index contributed by atoms with van der Waals surface area (Å²) in [4.78, 5) is 0. The first-order chi connectivity index (χ1) is 8.09. The van der Waals surface area contributed by atoms with Gasteiger partial charge < -0.3 is 5.11 Å². The minimum Gasteiger partial charge on any atom is -0.388 e. The molecule has 0 aliphatic heterocycles. The highest BCUT2D eigenvalue weighted by Crippen LogP contribution is 2.25. The monoisotopic (exact) mass is 270 g/mol. The molecule has 0 aromatic heterocycles. The molecule has 1 atom stereocenters. The van der Waals surface area contributed by atoms with Gasteiger partial charge in [-0.2, -0.15) is 0 Å². The van der Waals surface area contributed by atoms with Crippen LogP contribution in [0.5, 0.6) is 0 Å². The van der Waals surface area contributed by atoms with Gasteiger partial charge in [0.2, 0.25) is 0 Å². The maximum Gasteiger partial charge on any atom is 0.147 e. The van der Waals surface area contributed by atoms with E-state index in [-0.39, 0.29) is 17.6 Å². The van der Waals surface area contributed by atoms with Crippen molar-refractivity contribution >= 4 is 9.84 Å². The van der Waals surface area contributed by atoms with Crippen LogP contribution >= 0.6 is 0 Å². The molecule has 1 aromatic carbocycles. The highest BCUT2D eigenvalue weighted by molar-refractivity contribution is 7.90. The molecule has 18 heavy (non-hydrogen) atoms. The second-order valence-electron chi connectivity index (χ2n) is 5.81. The largest absolute Gasteiger partial charge is 0.388 e. The third-order valence-electron chi connectivity index (χ3n) is 2.92. The molecule has 1 aromatic rings. The number of aliphatic hydroxyl groups is 1. The van der Waals surface area contributed by atoms with Crippen molar-refractivity contribution in [3.63, 3.8) is 0 Å². The van der Waals surface area contributed by atoms with E-state index < -0.39 is 15.9 Å². The minimum atomic E-state index is -3.02. The number of benzene rings is 1. The van der Waals surface area contributed by atoms with E-state index in [0.717, 1.165) is 5.56 Å². The second-order valence-corrected chi connectivity index (χ2v) is 8.07. The van der Waals surface area contributed by atoms with E-state index in [0.29, 0.717) is 0 Å². The Labute approximate surface area is 110 Å². The van der Waals surface area contributed by atoms with Gasteiger partial charge in [-0.25, -0.2) is 8.42 Å². The van der Waals surface area contributed by atoms with Crippen molar-refractivity contribution in [2.24, 2.45) is 0 Å². The van der Waals surface area contributed by atoms with Crippen LogP contribution in [0.2, 0.25) is 0 Å². The van der Waals surface area contributed by atoms with E-state index in [2.05, 4.69) is 20.8 Å². The molecule has 1 unspecified atom stereocenters. The van der Waals surface area contributed by atoms with Gasteiger partial charge in [0.1, 0.15) is 9.84 Å². The van der Waals surface area contributed by atoms with Gasteiger partial charge in [-0.3, -0.25) is 0 Å². The summed E-state index contributed by atoms with van der Waals surface area (Å²) in [6.45, 7) is 6.38. The van der Waals surface area contributed by atoms with Crippen LogP contribution in [-0.4, -0.2) is 25.5 Å². The molecule has 1 rings (SSSR count). The van der Waals surface area contributed by atoms with Crippen molar-refractivity contribution in [2.45, 2.75) is 38.7 Å². The van der Waals surface area contributed by atoms with E-state index in [4.69, 9.17) is 0 Å². The summed E-state index contributed by atoms with van der Waals surface area (Å²) in [5.41, 5.74) is 2.05. The third-order valence-corrected chi connectivity index (χ3v) is 3.90. The summed E-state index contributed by atoms with van der Waals surface area (Å²) >= 11 is 0. The lowest BCUT2D eigenvalue weighted by atomic mass is 9.86. The number of hydrogen-bond donors (Lipinski definition) is 1. The average molecular weight is 270 g/mol. The molecular weight excluding hydrogens is 248 g/mol. The number of hydrogen-bond acceptors (Lipinski definition) is 3. The fourth-order valence-corrected chi connectivity index (χ4v) is 2.35. The van der Waals surface area contributed by atoms with E-state index >= 15 is 0 Å². The zero-order valence-corrected chi connectivity index (χ0v) is 12.3. The predicted octanol–water partition coefficient (Wildman–Crippen LogP) is 2.45. The average Bonchev–Trinajstić information content (AvgIpc) is 2.24. The normalized spacial score (nSPS) is 14.5. The van der Waals surface area contributed by atoms with E-state index in [9.17, 15) is 13.5 Å². The van der Waals surface area contributed by atoms with Crippen molar-refractivity contribution in [3.8, 4) is 0 Å². The molecular formula is C14H22O3S. The van der Waals surface area contributed by atoms with Crippen LogP contribution in [0.1, 0.15) is 44.4 Å². The van der Waals surface area contributed by atoms with Crippen molar-refractivity contribution in [3.05, 3.63) is 35.4 Å². The molecule has 0 fully saturated rings. The number of sulfone groups is 1. The molecule has 102 valence electrons. The lowest BCUT2D eigenvalue weighted by molar-refractivity contribution is 0.174. The van der Waals surface area contributed by atoms with Crippen molar-refractivity contribution in [2.75, 3.05) is 12.0 Å². The Morgan fingerprint density at radius 3 is 2.06 bits per heavy atom. The van der Waals surface area contributed by atoms with E-state index in [1.54, 1.807) is 0 Å². The fourth-order valence-electron chi connectivity index (χ4n) is 1.70. The maximum atomic E-state index is 11.0. The van der Waals surface area contributed by atoms with Crippen molar-refractivity contribution in [1.29, 1.82) is 0 Å². The Morgan fingerprint density at radius 2 is 1.67 bits per heavy atom. The smallest absolute Gasteiger partial charge is 0.147 e. The predicted molar refractivity (Wildman–Crippen MR) is 74.4 cm³/mol. The molecule has 0 saturated carbocycles. The first-order valence-corrected chi connectivity index (χ1v) is 8.12. The Hall–Kier alpha value is -0.870. The SMILES string of the molecule is CC(C)(C)c1ccc(C(O)CCS(C)(=O)=O)cc1. The number of aliphatic hydroxyl groups excluding tert-OH is 1. The van der Waals surface area contributed by atoms with Crippen LogP contribution in [0.4, 0.5) is 0 Å². The summed E-state index contributed by atoms with van der Waals surface area (Å²) in [6.07, 6.45) is 0.713. The Balaban J connectivity index is 2.74.